The molecular formula is C12H22N2O6. The molecule has 3 unspecified atom stereocenters. The monoisotopic (exact) mass is 290 g/mol. The Bertz CT molecular complexity index is 314. The second kappa shape index (κ2) is 8.98. The van der Waals surface area contributed by atoms with Crippen LogP contribution in [0.3, 0.4) is 0 Å². The molecule has 1 amide bonds. The standard InChI is InChI=1S/C12H22N2O6/c1-8(18)14-11-3-2-10(6-17)20-12(11)19-7-13-9(4-15)5-16/h4,9-13,16-17H,2-3,5-7H2,1H3,(H,14,18)/t9-,10?,11?,12?/m1/s1. The minimum atomic E-state index is -0.705. The number of amides is 1. The average molecular weight is 290 g/mol. The van der Waals surface area contributed by atoms with Crippen LogP contribution in [-0.2, 0) is 19.1 Å². The molecule has 20 heavy (non-hydrogen) atoms. The normalized spacial score (nSPS) is 27.9. The van der Waals surface area contributed by atoms with E-state index < -0.39 is 12.3 Å². The fraction of sp³-hybridized carbons (Fsp3) is 0.833. The fourth-order valence-electron chi connectivity index (χ4n) is 1.94. The smallest absolute Gasteiger partial charge is 0.217 e. The lowest BCUT2D eigenvalue weighted by Gasteiger charge is -2.36. The molecule has 8 heteroatoms. The topological polar surface area (TPSA) is 117 Å². The number of carbonyl (C=O) groups excluding carboxylic acids is 2. The molecule has 1 aliphatic heterocycles. The van der Waals surface area contributed by atoms with Crippen LogP contribution in [-0.4, -0.2) is 66.8 Å². The maximum absolute atomic E-state index is 11.1. The van der Waals surface area contributed by atoms with Crippen LogP contribution in [0, 0.1) is 0 Å². The number of carbonyl (C=O) groups is 2. The van der Waals surface area contributed by atoms with E-state index in [9.17, 15) is 9.59 Å². The molecule has 0 bridgehead atoms. The Labute approximate surface area is 117 Å². The van der Waals surface area contributed by atoms with Gasteiger partial charge in [0.15, 0.2) is 6.29 Å². The number of rotatable bonds is 8. The van der Waals surface area contributed by atoms with Gasteiger partial charge in [-0.15, -0.1) is 0 Å². The summed E-state index contributed by atoms with van der Waals surface area (Å²) in [6, 6.07) is -1.01. The summed E-state index contributed by atoms with van der Waals surface area (Å²) in [5.41, 5.74) is 0. The molecule has 0 aromatic carbocycles. The second-order valence-electron chi connectivity index (χ2n) is 4.63. The molecule has 1 saturated heterocycles. The van der Waals surface area contributed by atoms with Crippen molar-refractivity contribution in [3.05, 3.63) is 0 Å². The Kier molecular flexibility index (Phi) is 7.63. The highest BCUT2D eigenvalue weighted by molar-refractivity contribution is 5.73. The number of aliphatic hydroxyl groups excluding tert-OH is 2. The number of aldehydes is 1. The zero-order valence-electron chi connectivity index (χ0n) is 11.4. The number of ether oxygens (including phenoxy) is 2. The maximum Gasteiger partial charge on any atom is 0.217 e. The van der Waals surface area contributed by atoms with Gasteiger partial charge in [-0.2, -0.15) is 0 Å². The fourth-order valence-corrected chi connectivity index (χ4v) is 1.94. The van der Waals surface area contributed by atoms with E-state index in [4.69, 9.17) is 19.7 Å². The van der Waals surface area contributed by atoms with E-state index in [-0.39, 0.29) is 38.0 Å². The van der Waals surface area contributed by atoms with E-state index in [1.165, 1.54) is 6.92 Å². The molecule has 0 radical (unpaired) electrons. The van der Waals surface area contributed by atoms with Gasteiger partial charge >= 0.3 is 0 Å². The van der Waals surface area contributed by atoms with Crippen molar-refractivity contribution < 1.29 is 29.3 Å². The van der Waals surface area contributed by atoms with Crippen LogP contribution in [0.4, 0.5) is 0 Å². The molecule has 0 spiro atoms. The van der Waals surface area contributed by atoms with Crippen molar-refractivity contribution in [2.24, 2.45) is 0 Å². The van der Waals surface area contributed by atoms with E-state index in [0.717, 1.165) is 0 Å². The summed E-state index contributed by atoms with van der Waals surface area (Å²) in [6.45, 7) is 0.949. The van der Waals surface area contributed by atoms with Crippen LogP contribution >= 0.6 is 0 Å². The largest absolute Gasteiger partial charge is 0.394 e. The summed E-state index contributed by atoms with van der Waals surface area (Å²) >= 11 is 0. The molecule has 4 atom stereocenters. The van der Waals surface area contributed by atoms with E-state index >= 15 is 0 Å². The summed E-state index contributed by atoms with van der Waals surface area (Å²) in [6.07, 6.45) is 0.801. The highest BCUT2D eigenvalue weighted by Gasteiger charge is 2.32. The van der Waals surface area contributed by atoms with Gasteiger partial charge in [0, 0.05) is 6.92 Å². The lowest BCUT2D eigenvalue weighted by Crippen LogP contribution is -2.52. The molecular weight excluding hydrogens is 268 g/mol. The summed E-state index contributed by atoms with van der Waals surface area (Å²) in [4.78, 5) is 21.6. The van der Waals surface area contributed by atoms with Crippen LogP contribution in [0.2, 0.25) is 0 Å². The van der Waals surface area contributed by atoms with Crippen LogP contribution in [0.15, 0.2) is 0 Å². The Morgan fingerprint density at radius 3 is 2.80 bits per heavy atom. The molecule has 1 rings (SSSR count). The van der Waals surface area contributed by atoms with Gasteiger partial charge in [0.25, 0.3) is 0 Å². The zero-order chi connectivity index (χ0) is 15.0. The molecule has 1 aliphatic rings. The molecule has 116 valence electrons. The second-order valence-corrected chi connectivity index (χ2v) is 4.63. The maximum atomic E-state index is 11.1. The highest BCUT2D eigenvalue weighted by atomic mass is 16.7. The van der Waals surface area contributed by atoms with Gasteiger partial charge in [0.2, 0.25) is 5.91 Å². The molecule has 8 nitrogen and oxygen atoms in total. The quantitative estimate of drug-likeness (QED) is 0.305. The average Bonchev–Trinajstić information content (AvgIpc) is 2.44. The number of hydrogen-bond acceptors (Lipinski definition) is 7. The Morgan fingerprint density at radius 1 is 1.50 bits per heavy atom. The molecule has 0 aliphatic carbocycles. The summed E-state index contributed by atoms with van der Waals surface area (Å²) < 4.78 is 11.0. The van der Waals surface area contributed by atoms with Crippen LogP contribution in [0.5, 0.6) is 0 Å². The molecule has 0 aromatic rings. The van der Waals surface area contributed by atoms with Crippen molar-refractivity contribution in [3.8, 4) is 0 Å². The van der Waals surface area contributed by atoms with E-state index in [1.54, 1.807) is 0 Å². The molecule has 0 saturated carbocycles. The molecule has 0 aromatic heterocycles. The predicted octanol–water partition coefficient (Wildman–Crippen LogP) is -1.89. The predicted molar refractivity (Wildman–Crippen MR) is 68.6 cm³/mol. The Hall–Kier alpha value is -1.06. The van der Waals surface area contributed by atoms with Crippen LogP contribution in [0.25, 0.3) is 0 Å². The van der Waals surface area contributed by atoms with Crippen molar-refractivity contribution in [2.75, 3.05) is 19.9 Å². The molecule has 1 heterocycles. The van der Waals surface area contributed by atoms with Gasteiger partial charge in [-0.3, -0.25) is 10.1 Å². The first kappa shape index (κ1) is 17.0. The highest BCUT2D eigenvalue weighted by Crippen LogP contribution is 2.20. The first-order valence-corrected chi connectivity index (χ1v) is 6.55. The van der Waals surface area contributed by atoms with Crippen molar-refractivity contribution in [1.29, 1.82) is 0 Å². The van der Waals surface area contributed by atoms with Crippen LogP contribution in [0.1, 0.15) is 19.8 Å². The third-order valence-corrected chi connectivity index (χ3v) is 3.00. The van der Waals surface area contributed by atoms with Gasteiger partial charge in [-0.1, -0.05) is 0 Å². The van der Waals surface area contributed by atoms with Gasteiger partial charge in [0.05, 0.1) is 31.4 Å². The summed E-state index contributed by atoms with van der Waals surface area (Å²) in [5.74, 6) is -0.191. The lowest BCUT2D eigenvalue weighted by atomic mass is 10.0. The summed E-state index contributed by atoms with van der Waals surface area (Å²) in [5, 5.41) is 23.4. The van der Waals surface area contributed by atoms with E-state index in [0.29, 0.717) is 19.1 Å². The van der Waals surface area contributed by atoms with Gasteiger partial charge in [0.1, 0.15) is 13.0 Å². The molecule has 1 fully saturated rings. The first-order chi connectivity index (χ1) is 9.60. The minimum Gasteiger partial charge on any atom is -0.394 e. The van der Waals surface area contributed by atoms with E-state index in [2.05, 4.69) is 10.6 Å². The number of aliphatic hydroxyl groups is 2. The summed E-state index contributed by atoms with van der Waals surface area (Å²) in [7, 11) is 0. The Balaban J connectivity index is 2.46. The van der Waals surface area contributed by atoms with E-state index in [1.807, 2.05) is 0 Å². The zero-order valence-corrected chi connectivity index (χ0v) is 11.4. The van der Waals surface area contributed by atoms with Crippen molar-refractivity contribution in [3.63, 3.8) is 0 Å². The van der Waals surface area contributed by atoms with Crippen molar-refractivity contribution in [1.82, 2.24) is 10.6 Å². The number of nitrogens with one attached hydrogen (secondary N) is 2. The Morgan fingerprint density at radius 2 is 2.25 bits per heavy atom. The van der Waals surface area contributed by atoms with Gasteiger partial charge in [-0.25, -0.2) is 0 Å². The minimum absolute atomic E-state index is 0.0110. The van der Waals surface area contributed by atoms with Gasteiger partial charge in [-0.05, 0) is 12.8 Å². The third kappa shape index (κ3) is 5.51. The third-order valence-electron chi connectivity index (χ3n) is 3.00. The first-order valence-electron chi connectivity index (χ1n) is 6.55. The lowest BCUT2D eigenvalue weighted by molar-refractivity contribution is -0.217. The SMILES string of the molecule is CC(=O)NC1CCC(CO)OC1OCN[C@H](C=O)CO. The number of hydrogen-bond donors (Lipinski definition) is 4. The van der Waals surface area contributed by atoms with Crippen molar-refractivity contribution in [2.45, 2.75) is 44.2 Å². The molecule has 4 N–H and O–H groups in total. The van der Waals surface area contributed by atoms with Crippen molar-refractivity contribution >= 4 is 12.2 Å². The van der Waals surface area contributed by atoms with Crippen LogP contribution < -0.4 is 10.6 Å². The van der Waals surface area contributed by atoms with Gasteiger partial charge < -0.3 is 29.8 Å².